The summed E-state index contributed by atoms with van der Waals surface area (Å²) in [5, 5.41) is 0.781. The number of carbonyl (C=O) groups is 1. The minimum Gasteiger partial charge on any atom is -0.342 e. The Morgan fingerprint density at radius 1 is 1.09 bits per heavy atom. The van der Waals surface area contributed by atoms with Crippen molar-refractivity contribution in [3.8, 4) is 0 Å². The van der Waals surface area contributed by atoms with Gasteiger partial charge in [-0.15, -0.1) is 0 Å². The predicted octanol–water partition coefficient (Wildman–Crippen LogP) is 5.63. The van der Waals surface area contributed by atoms with Gasteiger partial charge in [0.05, 0.1) is 5.69 Å². The zero-order valence-corrected chi connectivity index (χ0v) is 20.9. The average Bonchev–Trinajstić information content (AvgIpc) is 3.01. The van der Waals surface area contributed by atoms with Crippen molar-refractivity contribution < 1.29 is 4.79 Å². The number of fused-ring (bicyclic) bond motifs is 2. The molecule has 4 nitrogen and oxygen atoms in total. The first-order valence-electron chi connectivity index (χ1n) is 12.6. The van der Waals surface area contributed by atoms with Gasteiger partial charge in [0.15, 0.2) is 0 Å². The Kier molecular flexibility index (Phi) is 6.89. The van der Waals surface area contributed by atoms with E-state index < -0.39 is 0 Å². The summed E-state index contributed by atoms with van der Waals surface area (Å²) in [6, 6.07) is 8.49. The number of carbonyl (C=O) groups excluding carboxylic acids is 1. The Morgan fingerprint density at radius 2 is 1.82 bits per heavy atom. The van der Waals surface area contributed by atoms with Crippen molar-refractivity contribution in [2.45, 2.75) is 44.9 Å². The van der Waals surface area contributed by atoms with Gasteiger partial charge in [0, 0.05) is 36.3 Å². The zero-order valence-electron chi connectivity index (χ0n) is 20.2. The Labute approximate surface area is 208 Å². The molecule has 178 valence electrons. The van der Waals surface area contributed by atoms with Crippen molar-refractivity contribution in [1.29, 1.82) is 0 Å². The SMILES string of the molecule is C=Cc1cnc2c(c1)CCc1cc(Cl)ccc1C2=C1CCN(C(=O)CC2CCN(C)CC2)CC1. The summed E-state index contributed by atoms with van der Waals surface area (Å²) in [4.78, 5) is 22.4. The molecule has 1 aliphatic carbocycles. The molecule has 3 heterocycles. The highest BCUT2D eigenvalue weighted by atomic mass is 35.5. The molecule has 34 heavy (non-hydrogen) atoms. The topological polar surface area (TPSA) is 36.4 Å². The molecule has 1 aromatic carbocycles. The molecule has 1 amide bonds. The molecule has 0 atom stereocenters. The average molecular weight is 476 g/mol. The first-order chi connectivity index (χ1) is 16.5. The number of rotatable bonds is 3. The van der Waals surface area contributed by atoms with Crippen LogP contribution < -0.4 is 0 Å². The van der Waals surface area contributed by atoms with Gasteiger partial charge in [0.1, 0.15) is 0 Å². The fraction of sp³-hybridized carbons (Fsp3) is 0.448. The first-order valence-corrected chi connectivity index (χ1v) is 13.0. The van der Waals surface area contributed by atoms with Crippen LogP contribution >= 0.6 is 11.6 Å². The van der Waals surface area contributed by atoms with Crippen molar-refractivity contribution in [3.05, 3.63) is 75.6 Å². The lowest BCUT2D eigenvalue weighted by Crippen LogP contribution is -2.39. The molecule has 2 aromatic rings. The number of pyridine rings is 1. The number of halogens is 1. The second-order valence-corrected chi connectivity index (χ2v) is 10.5. The Bertz CT molecular complexity index is 1120. The van der Waals surface area contributed by atoms with Gasteiger partial charge in [0.25, 0.3) is 0 Å². The maximum absolute atomic E-state index is 13.1. The summed E-state index contributed by atoms with van der Waals surface area (Å²) in [6.45, 7) is 7.74. The van der Waals surface area contributed by atoms with E-state index in [0.29, 0.717) is 18.2 Å². The number of aryl methyl sites for hydroxylation is 2. The monoisotopic (exact) mass is 475 g/mol. The quantitative estimate of drug-likeness (QED) is 0.577. The fourth-order valence-electron chi connectivity index (χ4n) is 5.74. The lowest BCUT2D eigenvalue weighted by atomic mass is 9.88. The van der Waals surface area contributed by atoms with Crippen LogP contribution in [-0.4, -0.2) is 53.9 Å². The van der Waals surface area contributed by atoms with Crippen LogP contribution in [0, 0.1) is 5.92 Å². The molecule has 0 spiro atoms. The molecule has 0 saturated carbocycles. The van der Waals surface area contributed by atoms with E-state index in [9.17, 15) is 4.79 Å². The van der Waals surface area contributed by atoms with Gasteiger partial charge in [-0.05, 0) is 105 Å². The smallest absolute Gasteiger partial charge is 0.222 e. The number of piperidine rings is 2. The maximum atomic E-state index is 13.1. The van der Waals surface area contributed by atoms with E-state index in [1.54, 1.807) is 0 Å². The van der Waals surface area contributed by atoms with Crippen molar-refractivity contribution in [2.24, 2.45) is 5.92 Å². The highest BCUT2D eigenvalue weighted by Gasteiger charge is 2.28. The Balaban J connectivity index is 1.40. The summed E-state index contributed by atoms with van der Waals surface area (Å²) >= 11 is 6.37. The fourth-order valence-corrected chi connectivity index (χ4v) is 5.94. The minimum atomic E-state index is 0.334. The summed E-state index contributed by atoms with van der Waals surface area (Å²) in [5.41, 5.74) is 8.63. The van der Waals surface area contributed by atoms with E-state index in [-0.39, 0.29) is 0 Å². The Hall–Kier alpha value is -2.43. The van der Waals surface area contributed by atoms with Crippen LogP contribution in [0.4, 0.5) is 0 Å². The molecule has 0 radical (unpaired) electrons. The lowest BCUT2D eigenvalue weighted by Gasteiger charge is -2.33. The van der Waals surface area contributed by atoms with Gasteiger partial charge in [-0.2, -0.15) is 0 Å². The highest BCUT2D eigenvalue weighted by Crippen LogP contribution is 2.39. The van der Waals surface area contributed by atoms with Gasteiger partial charge in [-0.25, -0.2) is 0 Å². The number of nitrogens with zero attached hydrogens (tertiary/aromatic N) is 3. The van der Waals surface area contributed by atoms with Gasteiger partial charge in [-0.3, -0.25) is 9.78 Å². The third-order valence-corrected chi connectivity index (χ3v) is 8.07. The molecule has 3 aliphatic rings. The maximum Gasteiger partial charge on any atom is 0.222 e. The molecule has 0 bridgehead atoms. The van der Waals surface area contributed by atoms with E-state index in [1.807, 2.05) is 18.3 Å². The van der Waals surface area contributed by atoms with Crippen molar-refractivity contribution in [1.82, 2.24) is 14.8 Å². The molecule has 2 saturated heterocycles. The van der Waals surface area contributed by atoms with Gasteiger partial charge < -0.3 is 9.80 Å². The molecular weight excluding hydrogens is 442 g/mol. The molecule has 2 aliphatic heterocycles. The number of hydrogen-bond acceptors (Lipinski definition) is 3. The molecule has 0 N–H and O–H groups in total. The lowest BCUT2D eigenvalue weighted by molar-refractivity contribution is -0.133. The number of aromatic nitrogens is 1. The number of amides is 1. The van der Waals surface area contributed by atoms with Crippen LogP contribution in [0.25, 0.3) is 11.6 Å². The standard InChI is InChI=1S/C29H34ClN3O/c1-3-20-16-24-5-4-23-18-25(30)6-7-26(23)28(29(24)31-19-20)22-10-14-33(15-11-22)27(34)17-21-8-12-32(2)13-9-21/h3,6-7,16,18-19,21H,1,4-5,8-15,17H2,2H3. The van der Waals surface area contributed by atoms with Crippen LogP contribution in [0.15, 0.2) is 42.6 Å². The molecule has 0 unspecified atom stereocenters. The number of hydrogen-bond donors (Lipinski definition) is 0. The van der Waals surface area contributed by atoms with Crippen LogP contribution in [0.5, 0.6) is 0 Å². The zero-order chi connectivity index (χ0) is 23.7. The van der Waals surface area contributed by atoms with Gasteiger partial charge in [-0.1, -0.05) is 35.9 Å². The summed E-state index contributed by atoms with van der Waals surface area (Å²) < 4.78 is 0. The highest BCUT2D eigenvalue weighted by molar-refractivity contribution is 6.30. The normalized spacial score (nSPS) is 19.4. The largest absolute Gasteiger partial charge is 0.342 e. The number of benzene rings is 1. The molecular formula is C29H34ClN3O. The van der Waals surface area contributed by atoms with Crippen LogP contribution in [0.3, 0.4) is 0 Å². The second-order valence-electron chi connectivity index (χ2n) is 10.1. The molecule has 1 aromatic heterocycles. The van der Waals surface area contributed by atoms with Crippen molar-refractivity contribution in [3.63, 3.8) is 0 Å². The van der Waals surface area contributed by atoms with Crippen molar-refractivity contribution >= 4 is 29.2 Å². The second kappa shape index (κ2) is 10.1. The third kappa shape index (κ3) is 4.85. The van der Waals surface area contributed by atoms with Gasteiger partial charge in [0.2, 0.25) is 5.91 Å². The van der Waals surface area contributed by atoms with E-state index >= 15 is 0 Å². The minimum absolute atomic E-state index is 0.334. The van der Waals surface area contributed by atoms with E-state index in [2.05, 4.69) is 41.6 Å². The summed E-state index contributed by atoms with van der Waals surface area (Å²) in [6.07, 6.45) is 10.5. The summed E-state index contributed by atoms with van der Waals surface area (Å²) in [5.74, 6) is 0.873. The van der Waals surface area contributed by atoms with E-state index in [0.717, 1.165) is 81.0 Å². The molecule has 5 heteroatoms. The van der Waals surface area contributed by atoms with E-state index in [4.69, 9.17) is 16.6 Å². The number of likely N-dealkylation sites (tertiary alicyclic amines) is 2. The molecule has 5 rings (SSSR count). The predicted molar refractivity (Wildman–Crippen MR) is 140 cm³/mol. The third-order valence-electron chi connectivity index (χ3n) is 7.84. The van der Waals surface area contributed by atoms with Crippen molar-refractivity contribution in [2.75, 3.05) is 33.2 Å². The Morgan fingerprint density at radius 3 is 2.56 bits per heavy atom. The van der Waals surface area contributed by atoms with Crippen LogP contribution in [0.1, 0.15) is 60.1 Å². The van der Waals surface area contributed by atoms with Gasteiger partial charge >= 0.3 is 0 Å². The van der Waals surface area contributed by atoms with E-state index in [1.165, 1.54) is 27.8 Å². The molecule has 2 fully saturated rings. The van der Waals surface area contributed by atoms with Crippen LogP contribution in [0.2, 0.25) is 5.02 Å². The first kappa shape index (κ1) is 23.3. The van der Waals surface area contributed by atoms with Crippen LogP contribution in [-0.2, 0) is 17.6 Å². The summed E-state index contributed by atoms with van der Waals surface area (Å²) in [7, 11) is 2.17.